The van der Waals surface area contributed by atoms with Crippen LogP contribution in [-0.4, -0.2) is 95.2 Å². The smallest absolute Gasteiger partial charge is 0.251 e. The van der Waals surface area contributed by atoms with Crippen LogP contribution in [0.1, 0.15) is 11.1 Å². The number of nitrogens with one attached hydrogen (secondary N) is 1. The van der Waals surface area contributed by atoms with Gasteiger partial charge >= 0.3 is 0 Å². The van der Waals surface area contributed by atoms with Crippen LogP contribution < -0.4 is 15.0 Å². The molecule has 0 bridgehead atoms. The summed E-state index contributed by atoms with van der Waals surface area (Å²) < 4.78 is 33.4. The van der Waals surface area contributed by atoms with Crippen molar-refractivity contribution in [3.63, 3.8) is 0 Å². The third-order valence-electron chi connectivity index (χ3n) is 6.70. The summed E-state index contributed by atoms with van der Waals surface area (Å²) >= 11 is 13.0. The van der Waals surface area contributed by atoms with Crippen molar-refractivity contribution >= 4 is 29.0 Å². The Labute approximate surface area is 236 Å². The Balaban J connectivity index is 1.77. The van der Waals surface area contributed by atoms with Gasteiger partial charge in [0.25, 0.3) is 6.43 Å². The van der Waals surface area contributed by atoms with Crippen molar-refractivity contribution in [3.05, 3.63) is 39.5 Å². The molecule has 0 radical (unpaired) electrons. The lowest BCUT2D eigenvalue weighted by Gasteiger charge is -2.36. The van der Waals surface area contributed by atoms with Crippen molar-refractivity contribution in [2.24, 2.45) is 7.05 Å². The van der Waals surface area contributed by atoms with E-state index in [1.165, 1.54) is 0 Å². The van der Waals surface area contributed by atoms with Crippen molar-refractivity contribution in [3.8, 4) is 28.5 Å². The van der Waals surface area contributed by atoms with Crippen LogP contribution >= 0.6 is 23.2 Å². The van der Waals surface area contributed by atoms with Crippen molar-refractivity contribution in [1.29, 1.82) is 0 Å². The van der Waals surface area contributed by atoms with Crippen LogP contribution in [0.3, 0.4) is 0 Å². The van der Waals surface area contributed by atoms with E-state index < -0.39 is 12.5 Å². The zero-order chi connectivity index (χ0) is 28.3. The molecule has 0 unspecified atom stereocenters. The van der Waals surface area contributed by atoms with Crippen LogP contribution in [0.15, 0.2) is 18.2 Å². The van der Waals surface area contributed by atoms with Crippen molar-refractivity contribution in [1.82, 2.24) is 30.0 Å². The number of aryl methyl sites for hydroxylation is 1. The molecule has 1 aromatic carbocycles. The molecule has 13 heteroatoms. The van der Waals surface area contributed by atoms with Gasteiger partial charge in [0.15, 0.2) is 11.0 Å². The Morgan fingerprint density at radius 2 is 1.82 bits per heavy atom. The molecule has 0 saturated carbocycles. The Morgan fingerprint density at radius 3 is 2.44 bits per heavy atom. The SMILES string of the molecule is CNC[C@@H](O)COc1ccc(Cl)c(-c2nc(-c3c(C)c(Cl)nn3C)c(C)c(N3CCN(CC(F)F)CC3)n2)c1. The minimum absolute atomic E-state index is 0.1000. The molecule has 0 spiro atoms. The Hall–Kier alpha value is -2.57. The van der Waals surface area contributed by atoms with Gasteiger partial charge in [0, 0.05) is 56.5 Å². The number of anilines is 1. The molecule has 1 fully saturated rings. The highest BCUT2D eigenvalue weighted by molar-refractivity contribution is 6.33. The van der Waals surface area contributed by atoms with Crippen LogP contribution in [0.25, 0.3) is 22.8 Å². The minimum atomic E-state index is -2.37. The number of hydrogen-bond donors (Lipinski definition) is 2. The van der Waals surface area contributed by atoms with E-state index in [9.17, 15) is 13.9 Å². The zero-order valence-electron chi connectivity index (χ0n) is 22.4. The summed E-state index contributed by atoms with van der Waals surface area (Å²) in [6.07, 6.45) is -3.05. The lowest BCUT2D eigenvalue weighted by molar-refractivity contribution is 0.0853. The number of rotatable bonds is 10. The summed E-state index contributed by atoms with van der Waals surface area (Å²) in [7, 11) is 3.56. The standard InChI is InChI=1S/C26H33Cl2F2N7O2/c1-15-22(23-16(2)24(28)34-35(23)4)32-25(33-26(15)37-9-7-36(8-10-37)13-21(29)30)19-11-18(5-6-20(19)27)39-14-17(38)12-31-3/h5-6,11,17,21,31,38H,7-10,12-14H2,1-4H3/t17-/m1/s1. The Kier molecular flexibility index (Phi) is 9.60. The van der Waals surface area contributed by atoms with Crippen LogP contribution in [0, 0.1) is 13.8 Å². The fraction of sp³-hybridized carbons (Fsp3) is 0.500. The van der Waals surface area contributed by atoms with E-state index in [-0.39, 0.29) is 13.2 Å². The monoisotopic (exact) mass is 583 g/mol. The molecule has 4 rings (SSSR count). The second-order valence-corrected chi connectivity index (χ2v) is 10.3. The number of hydrogen-bond acceptors (Lipinski definition) is 8. The van der Waals surface area contributed by atoms with Crippen LogP contribution in [-0.2, 0) is 7.05 Å². The largest absolute Gasteiger partial charge is 0.491 e. The van der Waals surface area contributed by atoms with E-state index in [4.69, 9.17) is 37.9 Å². The highest BCUT2D eigenvalue weighted by atomic mass is 35.5. The summed E-state index contributed by atoms with van der Waals surface area (Å²) in [5, 5.41) is 18.1. The molecule has 1 aliphatic heterocycles. The lowest BCUT2D eigenvalue weighted by Crippen LogP contribution is -2.48. The zero-order valence-corrected chi connectivity index (χ0v) is 23.9. The van der Waals surface area contributed by atoms with E-state index in [1.54, 1.807) is 41.9 Å². The first-order chi connectivity index (χ1) is 18.6. The van der Waals surface area contributed by atoms with Gasteiger partial charge in [0.1, 0.15) is 24.3 Å². The number of aromatic nitrogens is 4. The normalized spacial score (nSPS) is 15.3. The van der Waals surface area contributed by atoms with E-state index in [0.717, 1.165) is 16.8 Å². The number of alkyl halides is 2. The van der Waals surface area contributed by atoms with Gasteiger partial charge in [-0.3, -0.25) is 9.58 Å². The Bertz CT molecular complexity index is 1300. The minimum Gasteiger partial charge on any atom is -0.491 e. The number of piperazine rings is 1. The molecule has 0 aliphatic carbocycles. The van der Waals surface area contributed by atoms with Gasteiger partial charge in [-0.25, -0.2) is 18.7 Å². The maximum absolute atomic E-state index is 12.9. The van der Waals surface area contributed by atoms with E-state index in [2.05, 4.69) is 15.3 Å². The van der Waals surface area contributed by atoms with Gasteiger partial charge in [-0.05, 0) is 39.1 Å². The van der Waals surface area contributed by atoms with E-state index in [1.807, 2.05) is 13.8 Å². The molecular weight excluding hydrogens is 551 g/mol. The molecule has 212 valence electrons. The maximum atomic E-state index is 12.9. The van der Waals surface area contributed by atoms with E-state index in [0.29, 0.717) is 71.5 Å². The van der Waals surface area contributed by atoms with Gasteiger partial charge in [-0.2, -0.15) is 5.10 Å². The van der Waals surface area contributed by atoms with Gasteiger partial charge in [0.05, 0.1) is 23.0 Å². The number of aliphatic hydroxyl groups excluding tert-OH is 1. The molecule has 2 aromatic heterocycles. The molecule has 1 aliphatic rings. The molecule has 0 amide bonds. The quantitative estimate of drug-likeness (QED) is 0.372. The van der Waals surface area contributed by atoms with Crippen molar-refractivity contribution in [2.75, 3.05) is 57.8 Å². The lowest BCUT2D eigenvalue weighted by atomic mass is 10.1. The number of likely N-dealkylation sites (N-methyl/N-ethyl adjacent to an activating group) is 1. The van der Waals surface area contributed by atoms with Gasteiger partial charge in [-0.15, -0.1) is 0 Å². The Morgan fingerprint density at radius 1 is 1.10 bits per heavy atom. The predicted molar refractivity (Wildman–Crippen MR) is 149 cm³/mol. The molecule has 3 aromatic rings. The second-order valence-electron chi connectivity index (χ2n) is 9.58. The van der Waals surface area contributed by atoms with Gasteiger partial charge in [-0.1, -0.05) is 23.2 Å². The number of halogens is 4. The number of ether oxygens (including phenoxy) is 1. The van der Waals surface area contributed by atoms with Crippen molar-refractivity contribution < 1.29 is 18.6 Å². The van der Waals surface area contributed by atoms with Crippen LogP contribution in [0.5, 0.6) is 5.75 Å². The molecule has 2 N–H and O–H groups in total. The summed E-state index contributed by atoms with van der Waals surface area (Å²) in [6.45, 7) is 6.13. The third-order valence-corrected chi connectivity index (χ3v) is 7.39. The van der Waals surface area contributed by atoms with Gasteiger partial charge < -0.3 is 20.1 Å². The molecule has 39 heavy (non-hydrogen) atoms. The van der Waals surface area contributed by atoms with E-state index >= 15 is 0 Å². The molecule has 1 saturated heterocycles. The predicted octanol–water partition coefficient (Wildman–Crippen LogP) is 3.81. The van der Waals surface area contributed by atoms with Crippen LogP contribution in [0.4, 0.5) is 14.6 Å². The number of benzene rings is 1. The molecule has 9 nitrogen and oxygen atoms in total. The van der Waals surface area contributed by atoms with Crippen LogP contribution in [0.2, 0.25) is 10.2 Å². The average molecular weight is 584 g/mol. The topological polar surface area (TPSA) is 91.6 Å². The molecule has 3 heterocycles. The summed E-state index contributed by atoms with van der Waals surface area (Å²) in [5.41, 5.74) is 3.56. The number of aliphatic hydroxyl groups is 1. The summed E-state index contributed by atoms with van der Waals surface area (Å²) in [6, 6.07) is 5.17. The molecule has 1 atom stereocenters. The highest BCUT2D eigenvalue weighted by Crippen LogP contribution is 2.37. The second kappa shape index (κ2) is 12.7. The van der Waals surface area contributed by atoms with Crippen molar-refractivity contribution in [2.45, 2.75) is 26.4 Å². The fourth-order valence-corrected chi connectivity index (χ4v) is 5.09. The third kappa shape index (κ3) is 6.78. The summed E-state index contributed by atoms with van der Waals surface area (Å²) in [4.78, 5) is 13.7. The first kappa shape index (κ1) is 29.4. The first-order valence-corrected chi connectivity index (χ1v) is 13.4. The maximum Gasteiger partial charge on any atom is 0.251 e. The summed E-state index contributed by atoms with van der Waals surface area (Å²) in [5.74, 6) is 1.58. The number of nitrogens with zero attached hydrogens (tertiary/aromatic N) is 6. The highest BCUT2D eigenvalue weighted by Gasteiger charge is 2.26. The first-order valence-electron chi connectivity index (χ1n) is 12.7. The fourth-order valence-electron chi connectivity index (χ4n) is 4.68. The average Bonchev–Trinajstić information content (AvgIpc) is 3.15. The van der Waals surface area contributed by atoms with Gasteiger partial charge in [0.2, 0.25) is 0 Å². The molecular formula is C26H33Cl2F2N7O2.